The number of ether oxygens (including phenoxy) is 2. The summed E-state index contributed by atoms with van der Waals surface area (Å²) in [6, 6.07) is 8.40. The number of ketones is 1. The van der Waals surface area contributed by atoms with E-state index in [2.05, 4.69) is 10.3 Å². The summed E-state index contributed by atoms with van der Waals surface area (Å²) < 4.78 is 11.0. The Balaban J connectivity index is 1.22. The molecule has 0 aliphatic carbocycles. The van der Waals surface area contributed by atoms with Crippen molar-refractivity contribution in [1.29, 1.82) is 0 Å². The zero-order valence-corrected chi connectivity index (χ0v) is 18.3. The minimum atomic E-state index is -0.184. The molecule has 0 unspecified atom stereocenters. The van der Waals surface area contributed by atoms with Crippen molar-refractivity contribution in [2.75, 3.05) is 31.6 Å². The highest BCUT2D eigenvalue weighted by Crippen LogP contribution is 2.31. The van der Waals surface area contributed by atoms with E-state index in [0.717, 1.165) is 0 Å². The average molecular weight is 458 g/mol. The second-order valence-electron chi connectivity index (χ2n) is 7.79. The number of carbonyl (C=O) groups is 3. The second kappa shape index (κ2) is 9.99. The number of aromatic nitrogens is 1. The number of nitrogens with zero attached hydrogens (tertiary/aromatic N) is 2. The molecule has 32 heavy (non-hydrogen) atoms. The third-order valence-electron chi connectivity index (χ3n) is 5.63. The van der Waals surface area contributed by atoms with E-state index in [1.54, 1.807) is 35.2 Å². The van der Waals surface area contributed by atoms with Crippen LogP contribution in [0.4, 0.5) is 5.82 Å². The summed E-state index contributed by atoms with van der Waals surface area (Å²) >= 11 is 5.81. The highest BCUT2D eigenvalue weighted by Gasteiger charge is 2.28. The summed E-state index contributed by atoms with van der Waals surface area (Å²) in [5.41, 5.74) is 0.508. The maximum absolute atomic E-state index is 12.6. The van der Waals surface area contributed by atoms with Gasteiger partial charge in [0, 0.05) is 43.6 Å². The summed E-state index contributed by atoms with van der Waals surface area (Å²) in [6.45, 7) is 1.92. The van der Waals surface area contributed by atoms with E-state index in [0.29, 0.717) is 67.0 Å². The molecule has 3 heterocycles. The molecule has 0 radical (unpaired) electrons. The molecule has 8 nitrogen and oxygen atoms in total. The number of rotatable bonds is 6. The largest absolute Gasteiger partial charge is 0.486 e. The number of nitrogens with one attached hydrogen (secondary N) is 1. The lowest BCUT2D eigenvalue weighted by Gasteiger charge is -2.31. The Morgan fingerprint density at radius 3 is 2.50 bits per heavy atom. The first-order valence-electron chi connectivity index (χ1n) is 10.6. The minimum Gasteiger partial charge on any atom is -0.486 e. The van der Waals surface area contributed by atoms with Crippen LogP contribution in [0, 0.1) is 5.92 Å². The number of anilines is 1. The molecule has 2 aromatic rings. The van der Waals surface area contributed by atoms with Gasteiger partial charge in [-0.05, 0) is 43.2 Å². The van der Waals surface area contributed by atoms with Crippen molar-refractivity contribution in [2.24, 2.45) is 5.92 Å². The van der Waals surface area contributed by atoms with Crippen LogP contribution in [-0.2, 0) is 9.59 Å². The first kappa shape index (κ1) is 22.1. The Labute approximate surface area is 190 Å². The lowest BCUT2D eigenvalue weighted by Crippen LogP contribution is -2.41. The maximum Gasteiger partial charge on any atom is 0.228 e. The Bertz CT molecular complexity index is 1000. The highest BCUT2D eigenvalue weighted by molar-refractivity contribution is 6.30. The van der Waals surface area contributed by atoms with Crippen LogP contribution in [0.3, 0.4) is 0 Å². The molecule has 0 spiro atoms. The fourth-order valence-corrected chi connectivity index (χ4v) is 3.92. The number of hydrogen-bond acceptors (Lipinski definition) is 6. The fourth-order valence-electron chi connectivity index (χ4n) is 3.81. The minimum absolute atomic E-state index is 0.0749. The molecule has 0 atom stereocenters. The normalized spacial score (nSPS) is 15.8. The van der Waals surface area contributed by atoms with Crippen molar-refractivity contribution >= 4 is 35.0 Å². The summed E-state index contributed by atoms with van der Waals surface area (Å²) in [5, 5.41) is 3.29. The van der Waals surface area contributed by atoms with Crippen molar-refractivity contribution in [2.45, 2.75) is 25.7 Å². The van der Waals surface area contributed by atoms with Gasteiger partial charge in [0.2, 0.25) is 11.8 Å². The van der Waals surface area contributed by atoms with Gasteiger partial charge in [0.15, 0.2) is 17.3 Å². The van der Waals surface area contributed by atoms with Crippen LogP contribution >= 0.6 is 11.6 Å². The van der Waals surface area contributed by atoms with Gasteiger partial charge in [0.25, 0.3) is 0 Å². The van der Waals surface area contributed by atoms with Crippen molar-refractivity contribution in [1.82, 2.24) is 9.88 Å². The number of amides is 2. The molecular formula is C23H24ClN3O5. The summed E-state index contributed by atoms with van der Waals surface area (Å²) in [7, 11) is 0. The molecule has 4 rings (SSSR count). The molecule has 0 bridgehead atoms. The maximum atomic E-state index is 12.6. The number of likely N-dealkylation sites (tertiary alicyclic amines) is 1. The lowest BCUT2D eigenvalue weighted by atomic mass is 9.95. The van der Waals surface area contributed by atoms with Crippen LogP contribution in [0.2, 0.25) is 5.02 Å². The molecule has 1 fully saturated rings. The monoisotopic (exact) mass is 457 g/mol. The molecule has 2 aliphatic rings. The molecule has 9 heteroatoms. The van der Waals surface area contributed by atoms with Crippen LogP contribution in [0.5, 0.6) is 11.5 Å². The molecule has 1 aromatic heterocycles. The van der Waals surface area contributed by atoms with Gasteiger partial charge in [-0.15, -0.1) is 0 Å². The number of carbonyl (C=O) groups excluding carboxylic acids is 3. The Morgan fingerprint density at radius 2 is 1.78 bits per heavy atom. The van der Waals surface area contributed by atoms with Crippen molar-refractivity contribution < 1.29 is 23.9 Å². The van der Waals surface area contributed by atoms with E-state index >= 15 is 0 Å². The first-order chi connectivity index (χ1) is 15.5. The zero-order valence-electron chi connectivity index (χ0n) is 17.5. The van der Waals surface area contributed by atoms with Crippen molar-refractivity contribution in [3.63, 3.8) is 0 Å². The smallest absolute Gasteiger partial charge is 0.228 e. The third kappa shape index (κ3) is 5.37. The number of piperidine rings is 1. The highest BCUT2D eigenvalue weighted by atomic mass is 35.5. The summed E-state index contributed by atoms with van der Waals surface area (Å²) in [4.78, 5) is 43.3. The number of Topliss-reactive ketones (excluding diaryl/α,β-unsaturated/α-hetero) is 1. The van der Waals surface area contributed by atoms with Crippen LogP contribution in [0.25, 0.3) is 0 Å². The molecule has 2 aliphatic heterocycles. The zero-order chi connectivity index (χ0) is 22.5. The Morgan fingerprint density at radius 1 is 1.03 bits per heavy atom. The predicted octanol–water partition coefficient (Wildman–Crippen LogP) is 3.35. The van der Waals surface area contributed by atoms with Gasteiger partial charge >= 0.3 is 0 Å². The van der Waals surface area contributed by atoms with Crippen molar-refractivity contribution in [3.05, 3.63) is 47.1 Å². The molecule has 0 saturated carbocycles. The summed E-state index contributed by atoms with van der Waals surface area (Å²) in [5.74, 6) is 1.16. The fraction of sp³-hybridized carbons (Fsp3) is 0.391. The van der Waals surface area contributed by atoms with Gasteiger partial charge < -0.3 is 19.7 Å². The standard InChI is InChI=1S/C23H24ClN3O5/c24-17-2-5-21(25-14-17)26-23(30)15-7-9-27(10-8-15)22(29)6-3-18(28)16-1-4-19-20(13-16)32-12-11-31-19/h1-2,4-5,13-15H,3,6-12H2,(H,25,26,30). The number of halogens is 1. The number of hydrogen-bond donors (Lipinski definition) is 1. The molecule has 168 valence electrons. The van der Waals surface area contributed by atoms with E-state index in [1.165, 1.54) is 6.20 Å². The van der Waals surface area contributed by atoms with Gasteiger partial charge in [-0.2, -0.15) is 0 Å². The average Bonchev–Trinajstić information content (AvgIpc) is 2.83. The molecule has 1 N–H and O–H groups in total. The van der Waals surface area contributed by atoms with Crippen molar-refractivity contribution in [3.8, 4) is 11.5 Å². The van der Waals surface area contributed by atoms with Gasteiger partial charge in [-0.3, -0.25) is 14.4 Å². The quantitative estimate of drug-likeness (QED) is 0.668. The van der Waals surface area contributed by atoms with E-state index in [-0.39, 0.29) is 36.4 Å². The third-order valence-corrected chi connectivity index (χ3v) is 5.85. The molecule has 1 saturated heterocycles. The van der Waals surface area contributed by atoms with Crippen LogP contribution in [0.1, 0.15) is 36.0 Å². The van der Waals surface area contributed by atoms with Crippen LogP contribution < -0.4 is 14.8 Å². The van der Waals surface area contributed by atoms with Gasteiger partial charge in [0.05, 0.1) is 5.02 Å². The van der Waals surface area contributed by atoms with E-state index in [4.69, 9.17) is 21.1 Å². The SMILES string of the molecule is O=C(CCC(=O)N1CCC(C(=O)Nc2ccc(Cl)cn2)CC1)c1ccc2c(c1)OCCO2. The van der Waals surface area contributed by atoms with Crippen LogP contribution in [0.15, 0.2) is 36.5 Å². The van der Waals surface area contributed by atoms with Gasteiger partial charge in [0.1, 0.15) is 19.0 Å². The number of fused-ring (bicyclic) bond motifs is 1. The molecular weight excluding hydrogens is 434 g/mol. The predicted molar refractivity (Wildman–Crippen MR) is 118 cm³/mol. The topological polar surface area (TPSA) is 97.8 Å². The van der Waals surface area contributed by atoms with Gasteiger partial charge in [-0.1, -0.05) is 11.6 Å². The Hall–Kier alpha value is -3.13. The molecule has 1 aromatic carbocycles. The van der Waals surface area contributed by atoms with E-state index in [1.807, 2.05) is 0 Å². The van der Waals surface area contributed by atoms with Crippen LogP contribution in [-0.4, -0.2) is 53.8 Å². The molecule has 2 amide bonds. The second-order valence-corrected chi connectivity index (χ2v) is 8.22. The van der Waals surface area contributed by atoms with E-state index in [9.17, 15) is 14.4 Å². The van der Waals surface area contributed by atoms with E-state index < -0.39 is 0 Å². The number of benzene rings is 1. The summed E-state index contributed by atoms with van der Waals surface area (Å²) in [6.07, 6.45) is 2.88. The lowest BCUT2D eigenvalue weighted by molar-refractivity contribution is -0.134. The van der Waals surface area contributed by atoms with Gasteiger partial charge in [-0.25, -0.2) is 4.98 Å². The number of pyridine rings is 1. The Kier molecular flexibility index (Phi) is 6.90. The first-order valence-corrected chi connectivity index (χ1v) is 11.0.